The summed E-state index contributed by atoms with van der Waals surface area (Å²) in [7, 11) is 1.79. The van der Waals surface area contributed by atoms with Gasteiger partial charge in [0, 0.05) is 12.6 Å². The average Bonchev–Trinajstić information content (AvgIpc) is 2.29. The van der Waals surface area contributed by atoms with Gasteiger partial charge in [-0.05, 0) is 13.5 Å². The number of likely N-dealkylation sites (N-methyl/N-ethyl adjacent to an activating group) is 1. The number of aliphatic hydroxyl groups is 1. The lowest BCUT2D eigenvalue weighted by atomic mass is 10.2. The molecule has 0 aromatic rings. The van der Waals surface area contributed by atoms with Crippen LogP contribution >= 0.6 is 0 Å². The van der Waals surface area contributed by atoms with Crippen LogP contribution in [-0.4, -0.2) is 49.0 Å². The summed E-state index contributed by atoms with van der Waals surface area (Å²) in [6.07, 6.45) is 0.0456. The van der Waals surface area contributed by atoms with E-state index < -0.39 is 12.7 Å². The van der Waals surface area contributed by atoms with Gasteiger partial charge in [0.1, 0.15) is 0 Å². The van der Waals surface area contributed by atoms with E-state index >= 15 is 0 Å². The van der Waals surface area contributed by atoms with E-state index in [1.807, 2.05) is 4.90 Å². The molecule has 2 atom stereocenters. The molecule has 1 rings (SSSR count). The predicted octanol–water partition coefficient (Wildman–Crippen LogP) is 0.291. The fourth-order valence-electron chi connectivity index (χ4n) is 1.49. The minimum absolute atomic E-state index is 0.000399. The second-order valence-electron chi connectivity index (χ2n) is 3.03. The van der Waals surface area contributed by atoms with E-state index in [9.17, 15) is 8.78 Å². The van der Waals surface area contributed by atoms with Crippen LogP contribution in [0.15, 0.2) is 0 Å². The van der Waals surface area contributed by atoms with Gasteiger partial charge in [0.2, 0.25) is 0 Å². The van der Waals surface area contributed by atoms with Crippen LogP contribution in [0.25, 0.3) is 0 Å². The van der Waals surface area contributed by atoms with E-state index in [2.05, 4.69) is 4.74 Å². The third kappa shape index (κ3) is 2.36. The molecule has 0 saturated carbocycles. The van der Waals surface area contributed by atoms with E-state index in [1.54, 1.807) is 7.05 Å². The Kier molecular flexibility index (Phi) is 3.37. The molecule has 5 heteroatoms. The standard InChI is InChI=1S/C7H13F2NO2/c1-10-3-6(12-7(8)9)2-5(10)4-11/h5-7,11H,2-4H2,1H3. The fraction of sp³-hybridized carbons (Fsp3) is 1.00. The summed E-state index contributed by atoms with van der Waals surface area (Å²) in [5.74, 6) is 0. The molecule has 1 aliphatic rings. The molecular weight excluding hydrogens is 168 g/mol. The van der Waals surface area contributed by atoms with Gasteiger partial charge in [-0.3, -0.25) is 4.90 Å². The third-order valence-corrected chi connectivity index (χ3v) is 2.16. The molecule has 1 saturated heterocycles. The zero-order valence-corrected chi connectivity index (χ0v) is 6.91. The van der Waals surface area contributed by atoms with Crippen molar-refractivity contribution in [1.82, 2.24) is 4.90 Å². The van der Waals surface area contributed by atoms with Crippen molar-refractivity contribution >= 4 is 0 Å². The zero-order chi connectivity index (χ0) is 9.14. The third-order valence-electron chi connectivity index (χ3n) is 2.16. The Bertz CT molecular complexity index is 145. The lowest BCUT2D eigenvalue weighted by Gasteiger charge is -2.14. The molecule has 1 N–H and O–H groups in total. The first-order valence-electron chi connectivity index (χ1n) is 3.88. The topological polar surface area (TPSA) is 32.7 Å². The van der Waals surface area contributed by atoms with Crippen molar-refractivity contribution in [2.75, 3.05) is 20.2 Å². The monoisotopic (exact) mass is 181 g/mol. The van der Waals surface area contributed by atoms with Crippen LogP contribution in [-0.2, 0) is 4.74 Å². The molecule has 0 amide bonds. The molecule has 1 heterocycles. The first kappa shape index (κ1) is 9.83. The van der Waals surface area contributed by atoms with Crippen LogP contribution < -0.4 is 0 Å². The van der Waals surface area contributed by atoms with Crippen LogP contribution in [0.5, 0.6) is 0 Å². The first-order valence-corrected chi connectivity index (χ1v) is 3.88. The van der Waals surface area contributed by atoms with E-state index in [0.29, 0.717) is 13.0 Å². The van der Waals surface area contributed by atoms with Crippen molar-refractivity contribution in [2.45, 2.75) is 25.2 Å². The molecular formula is C7H13F2NO2. The van der Waals surface area contributed by atoms with E-state index in [4.69, 9.17) is 5.11 Å². The quantitative estimate of drug-likeness (QED) is 0.679. The number of likely N-dealkylation sites (tertiary alicyclic amines) is 1. The van der Waals surface area contributed by atoms with Gasteiger partial charge in [-0.15, -0.1) is 0 Å². The summed E-state index contributed by atoms with van der Waals surface area (Å²) in [6.45, 7) is -2.24. The van der Waals surface area contributed by atoms with Crippen molar-refractivity contribution in [2.24, 2.45) is 0 Å². The molecule has 1 fully saturated rings. The molecule has 0 aliphatic carbocycles. The minimum Gasteiger partial charge on any atom is -0.395 e. The number of aliphatic hydroxyl groups excluding tert-OH is 1. The maximum atomic E-state index is 11.7. The Morgan fingerprint density at radius 3 is 2.75 bits per heavy atom. The van der Waals surface area contributed by atoms with E-state index in [0.717, 1.165) is 0 Å². The Hall–Kier alpha value is -0.260. The van der Waals surface area contributed by atoms with Crippen molar-refractivity contribution in [1.29, 1.82) is 0 Å². The van der Waals surface area contributed by atoms with Crippen molar-refractivity contribution in [3.05, 3.63) is 0 Å². The highest BCUT2D eigenvalue weighted by Gasteiger charge is 2.31. The van der Waals surface area contributed by atoms with Gasteiger partial charge in [0.15, 0.2) is 0 Å². The second-order valence-corrected chi connectivity index (χ2v) is 3.03. The summed E-state index contributed by atoms with van der Waals surface area (Å²) in [6, 6.07) is -0.0336. The van der Waals surface area contributed by atoms with Crippen LogP contribution in [0, 0.1) is 0 Å². The maximum absolute atomic E-state index is 11.7. The number of hydrogen-bond donors (Lipinski definition) is 1. The van der Waals surface area contributed by atoms with Crippen molar-refractivity contribution in [3.63, 3.8) is 0 Å². The van der Waals surface area contributed by atoms with Crippen molar-refractivity contribution < 1.29 is 18.6 Å². The number of alkyl halides is 2. The number of ether oxygens (including phenoxy) is 1. The number of rotatable bonds is 3. The zero-order valence-electron chi connectivity index (χ0n) is 6.91. The Balaban J connectivity index is 2.33. The second kappa shape index (κ2) is 4.11. The predicted molar refractivity (Wildman–Crippen MR) is 39.0 cm³/mol. The minimum atomic E-state index is -2.71. The number of nitrogens with zero attached hydrogens (tertiary/aromatic N) is 1. The van der Waals surface area contributed by atoms with Gasteiger partial charge in [-0.2, -0.15) is 8.78 Å². The Labute approximate surface area is 69.9 Å². The highest BCUT2D eigenvalue weighted by atomic mass is 19.3. The summed E-state index contributed by atoms with van der Waals surface area (Å²) in [5.41, 5.74) is 0. The smallest absolute Gasteiger partial charge is 0.345 e. The maximum Gasteiger partial charge on any atom is 0.345 e. The van der Waals surface area contributed by atoms with E-state index in [1.165, 1.54) is 0 Å². The van der Waals surface area contributed by atoms with Gasteiger partial charge in [0.25, 0.3) is 0 Å². The Morgan fingerprint density at radius 1 is 1.67 bits per heavy atom. The van der Waals surface area contributed by atoms with E-state index in [-0.39, 0.29) is 12.6 Å². The SMILES string of the molecule is CN1CC(OC(F)F)CC1CO. The summed E-state index contributed by atoms with van der Waals surface area (Å²) in [5, 5.41) is 8.80. The summed E-state index contributed by atoms with van der Waals surface area (Å²) < 4.78 is 27.8. The largest absolute Gasteiger partial charge is 0.395 e. The van der Waals surface area contributed by atoms with Crippen LogP contribution in [0.1, 0.15) is 6.42 Å². The highest BCUT2D eigenvalue weighted by Crippen LogP contribution is 2.19. The first-order chi connectivity index (χ1) is 5.63. The number of hydrogen-bond acceptors (Lipinski definition) is 3. The van der Waals surface area contributed by atoms with Gasteiger partial charge in [-0.1, -0.05) is 0 Å². The van der Waals surface area contributed by atoms with Gasteiger partial charge < -0.3 is 9.84 Å². The van der Waals surface area contributed by atoms with Crippen LogP contribution in [0.2, 0.25) is 0 Å². The van der Waals surface area contributed by atoms with Gasteiger partial charge in [0.05, 0.1) is 12.7 Å². The molecule has 0 aromatic carbocycles. The fourth-order valence-corrected chi connectivity index (χ4v) is 1.49. The lowest BCUT2D eigenvalue weighted by Crippen LogP contribution is -2.28. The molecule has 0 spiro atoms. The molecule has 1 aliphatic heterocycles. The van der Waals surface area contributed by atoms with Gasteiger partial charge in [-0.25, -0.2) is 0 Å². The van der Waals surface area contributed by atoms with Gasteiger partial charge >= 0.3 is 6.61 Å². The molecule has 72 valence electrons. The highest BCUT2D eigenvalue weighted by molar-refractivity contribution is 4.83. The number of halogens is 2. The van der Waals surface area contributed by atoms with Crippen molar-refractivity contribution in [3.8, 4) is 0 Å². The Morgan fingerprint density at radius 2 is 2.33 bits per heavy atom. The molecule has 3 nitrogen and oxygen atoms in total. The van der Waals surface area contributed by atoms with Crippen LogP contribution in [0.4, 0.5) is 8.78 Å². The summed E-state index contributed by atoms with van der Waals surface area (Å²) in [4.78, 5) is 1.83. The summed E-state index contributed by atoms with van der Waals surface area (Å²) >= 11 is 0. The molecule has 12 heavy (non-hydrogen) atoms. The van der Waals surface area contributed by atoms with Crippen LogP contribution in [0.3, 0.4) is 0 Å². The average molecular weight is 181 g/mol. The normalized spacial score (nSPS) is 31.8. The lowest BCUT2D eigenvalue weighted by molar-refractivity contribution is -0.158. The molecule has 0 aromatic heterocycles. The molecule has 0 bridgehead atoms. The molecule has 0 radical (unpaired) electrons. The molecule has 2 unspecified atom stereocenters.